The van der Waals surface area contributed by atoms with Crippen LogP contribution in [0.15, 0.2) is 0 Å². The van der Waals surface area contributed by atoms with Gasteiger partial charge in [0, 0.05) is 32.3 Å². The summed E-state index contributed by atoms with van der Waals surface area (Å²) in [6.07, 6.45) is 2.18. The average Bonchev–Trinajstić information content (AvgIpc) is 2.26. The molecule has 108 valence electrons. The van der Waals surface area contributed by atoms with Crippen LogP contribution in [0.1, 0.15) is 33.6 Å². The molecule has 0 radical (unpaired) electrons. The predicted molar refractivity (Wildman–Crippen MR) is 74.8 cm³/mol. The first-order valence-electron chi connectivity index (χ1n) is 7.05. The minimum absolute atomic E-state index is 0.0709. The van der Waals surface area contributed by atoms with E-state index in [0.717, 1.165) is 26.2 Å². The average molecular weight is 258 g/mol. The summed E-state index contributed by atoms with van der Waals surface area (Å²) < 4.78 is 5.23. The minimum atomic E-state index is -0.287. The second-order valence-electron chi connectivity index (χ2n) is 6.51. The van der Waals surface area contributed by atoms with Crippen LogP contribution in [0.2, 0.25) is 0 Å². The Hall–Kier alpha value is -0.160. The molecule has 0 bridgehead atoms. The summed E-state index contributed by atoms with van der Waals surface area (Å²) >= 11 is 0. The summed E-state index contributed by atoms with van der Waals surface area (Å²) in [5, 5.41) is 13.4. The van der Waals surface area contributed by atoms with Crippen molar-refractivity contribution in [3.63, 3.8) is 0 Å². The van der Waals surface area contributed by atoms with Crippen molar-refractivity contribution in [1.82, 2.24) is 10.2 Å². The lowest BCUT2D eigenvalue weighted by atomic mass is 9.98. The Morgan fingerprint density at radius 3 is 2.78 bits per heavy atom. The molecule has 2 atom stereocenters. The summed E-state index contributed by atoms with van der Waals surface area (Å²) in [5.74, 6) is 0.631. The molecule has 1 fully saturated rings. The zero-order chi connectivity index (χ0) is 13.6. The van der Waals surface area contributed by atoms with Crippen molar-refractivity contribution in [3.8, 4) is 0 Å². The number of aliphatic hydroxyl groups excluding tert-OH is 1. The van der Waals surface area contributed by atoms with E-state index >= 15 is 0 Å². The summed E-state index contributed by atoms with van der Waals surface area (Å²) in [6.45, 7) is 10.8. The number of rotatable bonds is 6. The quantitative estimate of drug-likeness (QED) is 0.749. The van der Waals surface area contributed by atoms with Crippen LogP contribution in [0, 0.1) is 5.92 Å². The molecule has 0 amide bonds. The zero-order valence-corrected chi connectivity index (χ0v) is 12.4. The molecule has 1 heterocycles. The second-order valence-corrected chi connectivity index (χ2v) is 6.51. The Morgan fingerprint density at radius 1 is 1.44 bits per heavy atom. The molecule has 0 saturated carbocycles. The third-order valence-corrected chi connectivity index (χ3v) is 3.34. The number of likely N-dealkylation sites (tertiary alicyclic amines) is 1. The van der Waals surface area contributed by atoms with Gasteiger partial charge >= 0.3 is 0 Å². The van der Waals surface area contributed by atoms with Crippen molar-refractivity contribution in [1.29, 1.82) is 0 Å². The standard InChI is InChI=1S/C14H30N2O2/c1-14(2,3)15-8-13(17)10-16-7-5-6-12(9-16)11-18-4/h12-13,15,17H,5-11H2,1-4H3. The Labute approximate surface area is 112 Å². The topological polar surface area (TPSA) is 44.7 Å². The van der Waals surface area contributed by atoms with Crippen molar-refractivity contribution in [2.24, 2.45) is 5.92 Å². The maximum atomic E-state index is 10.0. The highest BCUT2D eigenvalue weighted by molar-refractivity contribution is 4.78. The van der Waals surface area contributed by atoms with Gasteiger partial charge in [-0.15, -0.1) is 0 Å². The third-order valence-electron chi connectivity index (χ3n) is 3.34. The first-order chi connectivity index (χ1) is 8.40. The van der Waals surface area contributed by atoms with Gasteiger partial charge in [0.2, 0.25) is 0 Å². The first-order valence-corrected chi connectivity index (χ1v) is 7.05. The summed E-state index contributed by atoms with van der Waals surface area (Å²) in [7, 11) is 1.76. The van der Waals surface area contributed by atoms with E-state index in [0.29, 0.717) is 12.5 Å². The van der Waals surface area contributed by atoms with Crippen molar-refractivity contribution >= 4 is 0 Å². The van der Waals surface area contributed by atoms with Crippen molar-refractivity contribution < 1.29 is 9.84 Å². The number of ether oxygens (including phenoxy) is 1. The Bertz CT molecular complexity index is 226. The van der Waals surface area contributed by atoms with Crippen LogP contribution in [-0.2, 0) is 4.74 Å². The third kappa shape index (κ3) is 6.69. The van der Waals surface area contributed by atoms with Gasteiger partial charge in [-0.3, -0.25) is 0 Å². The molecule has 0 aromatic rings. The van der Waals surface area contributed by atoms with E-state index < -0.39 is 0 Å². The van der Waals surface area contributed by atoms with E-state index in [1.807, 2.05) is 0 Å². The van der Waals surface area contributed by atoms with Gasteiger partial charge in [0.1, 0.15) is 0 Å². The van der Waals surface area contributed by atoms with E-state index in [2.05, 4.69) is 31.0 Å². The molecule has 18 heavy (non-hydrogen) atoms. The van der Waals surface area contributed by atoms with Crippen molar-refractivity contribution in [2.45, 2.75) is 45.3 Å². The molecular weight excluding hydrogens is 228 g/mol. The SMILES string of the molecule is COCC1CCCN(CC(O)CNC(C)(C)C)C1. The largest absolute Gasteiger partial charge is 0.390 e. The Morgan fingerprint density at radius 2 is 2.17 bits per heavy atom. The number of methoxy groups -OCH3 is 1. The molecule has 0 aromatic carbocycles. The summed E-state index contributed by atoms with van der Waals surface area (Å²) in [5.41, 5.74) is 0.0709. The molecule has 1 saturated heterocycles. The number of hydrogen-bond donors (Lipinski definition) is 2. The monoisotopic (exact) mass is 258 g/mol. The van der Waals surface area contributed by atoms with Crippen LogP contribution >= 0.6 is 0 Å². The number of nitrogens with zero attached hydrogens (tertiary/aromatic N) is 1. The molecule has 1 rings (SSSR count). The number of hydrogen-bond acceptors (Lipinski definition) is 4. The number of piperidine rings is 1. The van der Waals surface area contributed by atoms with Gasteiger partial charge in [-0.2, -0.15) is 0 Å². The maximum absolute atomic E-state index is 10.0. The van der Waals surface area contributed by atoms with Crippen LogP contribution in [0.3, 0.4) is 0 Å². The fourth-order valence-electron chi connectivity index (χ4n) is 2.48. The van der Waals surface area contributed by atoms with Crippen molar-refractivity contribution in [3.05, 3.63) is 0 Å². The van der Waals surface area contributed by atoms with Gasteiger partial charge in [-0.1, -0.05) is 0 Å². The predicted octanol–water partition coefficient (Wildman–Crippen LogP) is 1.09. The molecule has 0 aliphatic carbocycles. The lowest BCUT2D eigenvalue weighted by Crippen LogP contribution is -2.47. The molecule has 2 unspecified atom stereocenters. The molecule has 4 heteroatoms. The van der Waals surface area contributed by atoms with Gasteiger partial charge in [-0.25, -0.2) is 0 Å². The van der Waals surface area contributed by atoms with E-state index in [4.69, 9.17) is 4.74 Å². The van der Waals surface area contributed by atoms with Crippen molar-refractivity contribution in [2.75, 3.05) is 39.9 Å². The van der Waals surface area contributed by atoms with Crippen LogP contribution < -0.4 is 5.32 Å². The first kappa shape index (κ1) is 15.9. The van der Waals surface area contributed by atoms with Gasteiger partial charge in [0.25, 0.3) is 0 Å². The van der Waals surface area contributed by atoms with Gasteiger partial charge < -0.3 is 20.1 Å². The fourth-order valence-corrected chi connectivity index (χ4v) is 2.48. The Balaban J connectivity index is 2.24. The number of nitrogens with one attached hydrogen (secondary N) is 1. The fraction of sp³-hybridized carbons (Fsp3) is 1.00. The zero-order valence-electron chi connectivity index (χ0n) is 12.4. The molecule has 1 aliphatic heterocycles. The van der Waals surface area contributed by atoms with Gasteiger partial charge in [0.15, 0.2) is 0 Å². The van der Waals surface area contributed by atoms with Crippen LogP contribution in [0.25, 0.3) is 0 Å². The molecule has 4 nitrogen and oxygen atoms in total. The van der Waals surface area contributed by atoms with E-state index in [-0.39, 0.29) is 11.6 Å². The highest BCUT2D eigenvalue weighted by Gasteiger charge is 2.22. The summed E-state index contributed by atoms with van der Waals surface area (Å²) in [6, 6.07) is 0. The lowest BCUT2D eigenvalue weighted by Gasteiger charge is -2.34. The molecular formula is C14H30N2O2. The van der Waals surface area contributed by atoms with Gasteiger partial charge in [-0.05, 0) is 46.1 Å². The number of aliphatic hydroxyl groups is 1. The van der Waals surface area contributed by atoms with E-state index in [9.17, 15) is 5.11 Å². The summed E-state index contributed by atoms with van der Waals surface area (Å²) in [4.78, 5) is 2.36. The highest BCUT2D eigenvalue weighted by atomic mass is 16.5. The highest BCUT2D eigenvalue weighted by Crippen LogP contribution is 2.16. The number of β-amino-alcohol motifs (C(OH)–C–C–N with tert-alkyl or cyclic N) is 1. The molecule has 2 N–H and O–H groups in total. The minimum Gasteiger partial charge on any atom is -0.390 e. The van der Waals surface area contributed by atoms with Gasteiger partial charge in [0.05, 0.1) is 12.7 Å². The molecule has 0 spiro atoms. The second kappa shape index (κ2) is 7.43. The normalized spacial score (nSPS) is 24.2. The smallest absolute Gasteiger partial charge is 0.0791 e. The van der Waals surface area contributed by atoms with E-state index in [1.54, 1.807) is 7.11 Å². The lowest BCUT2D eigenvalue weighted by molar-refractivity contribution is 0.0545. The molecule has 0 aromatic heterocycles. The van der Waals surface area contributed by atoms with Crippen LogP contribution in [-0.4, -0.2) is 61.5 Å². The van der Waals surface area contributed by atoms with Crippen LogP contribution in [0.5, 0.6) is 0 Å². The van der Waals surface area contributed by atoms with Crippen LogP contribution in [0.4, 0.5) is 0 Å². The van der Waals surface area contributed by atoms with E-state index in [1.165, 1.54) is 12.8 Å². The maximum Gasteiger partial charge on any atom is 0.0791 e. The molecule has 1 aliphatic rings. The Kier molecular flexibility index (Phi) is 6.57.